The molecule has 2 rings (SSSR count). The van der Waals surface area contributed by atoms with Crippen LogP contribution in [0.5, 0.6) is 0 Å². The largest absolute Gasteiger partial charge is 0.315 e. The van der Waals surface area contributed by atoms with Crippen LogP contribution in [-0.2, 0) is 0 Å². The lowest BCUT2D eigenvalue weighted by Gasteiger charge is -2.09. The van der Waals surface area contributed by atoms with Crippen LogP contribution >= 0.6 is 11.9 Å². The van der Waals surface area contributed by atoms with Crippen LogP contribution in [0.1, 0.15) is 11.1 Å². The van der Waals surface area contributed by atoms with Gasteiger partial charge in [-0.1, -0.05) is 31.4 Å². The van der Waals surface area contributed by atoms with Crippen LogP contribution in [0.4, 0.5) is 5.69 Å². The Morgan fingerprint density at radius 3 is 2.92 bits per heavy atom. The van der Waals surface area contributed by atoms with Crippen molar-refractivity contribution in [2.75, 3.05) is 11.4 Å². The van der Waals surface area contributed by atoms with E-state index in [0.29, 0.717) is 0 Å². The summed E-state index contributed by atoms with van der Waals surface area (Å²) in [4.78, 5) is 1.10. The van der Waals surface area contributed by atoms with Gasteiger partial charge in [0.15, 0.2) is 0 Å². The first-order valence-electron chi connectivity index (χ1n) is 4.10. The van der Waals surface area contributed by atoms with Gasteiger partial charge in [0, 0.05) is 17.5 Å². The van der Waals surface area contributed by atoms with Gasteiger partial charge in [0.05, 0.1) is 5.69 Å². The molecule has 66 valence electrons. The van der Waals surface area contributed by atoms with Crippen molar-refractivity contribution in [3.8, 4) is 0 Å². The molecule has 0 saturated heterocycles. The summed E-state index contributed by atoms with van der Waals surface area (Å²) in [5.41, 5.74) is 3.62. The molecule has 0 aromatic heterocycles. The Morgan fingerprint density at radius 2 is 2.23 bits per heavy atom. The average Bonchev–Trinajstić information content (AvgIpc) is 2.43. The van der Waals surface area contributed by atoms with Gasteiger partial charge in [0.2, 0.25) is 0 Å². The molecular weight excluding hydrogens is 178 g/mol. The third-order valence-corrected chi connectivity index (χ3v) is 3.05. The molecule has 1 nitrogen and oxygen atoms in total. The maximum atomic E-state index is 4.03. The van der Waals surface area contributed by atoms with E-state index in [2.05, 4.69) is 36.6 Å². The average molecular weight is 189 g/mol. The Bertz CT molecular complexity index is 382. The molecule has 0 amide bonds. The van der Waals surface area contributed by atoms with E-state index in [1.807, 2.05) is 12.1 Å². The van der Waals surface area contributed by atoms with E-state index in [0.717, 1.165) is 4.91 Å². The standard InChI is InChI=1S/C11H11NS/c1-4-9-6-5-7-10-11(9)8(2)13-12(10)3/h4-7H,1-2H2,3H3. The zero-order valence-electron chi connectivity index (χ0n) is 7.58. The third-order valence-electron chi connectivity index (χ3n) is 2.16. The van der Waals surface area contributed by atoms with Crippen molar-refractivity contribution in [3.05, 3.63) is 42.5 Å². The van der Waals surface area contributed by atoms with Crippen molar-refractivity contribution in [1.29, 1.82) is 0 Å². The molecular formula is C11H11NS. The molecule has 1 aliphatic heterocycles. The Balaban J connectivity index is 2.68. The van der Waals surface area contributed by atoms with Crippen LogP contribution < -0.4 is 4.31 Å². The van der Waals surface area contributed by atoms with E-state index < -0.39 is 0 Å². The fourth-order valence-corrected chi connectivity index (χ4v) is 2.45. The van der Waals surface area contributed by atoms with Crippen molar-refractivity contribution >= 4 is 28.6 Å². The number of anilines is 1. The van der Waals surface area contributed by atoms with Gasteiger partial charge in [0.25, 0.3) is 0 Å². The number of fused-ring (bicyclic) bond motifs is 1. The lowest BCUT2D eigenvalue weighted by molar-refractivity contribution is 1.37. The van der Waals surface area contributed by atoms with E-state index in [1.54, 1.807) is 11.9 Å². The van der Waals surface area contributed by atoms with Crippen LogP contribution in [0.25, 0.3) is 11.0 Å². The smallest absolute Gasteiger partial charge is 0.0559 e. The number of nitrogens with zero attached hydrogens (tertiary/aromatic N) is 1. The summed E-state index contributed by atoms with van der Waals surface area (Å²) >= 11 is 1.67. The van der Waals surface area contributed by atoms with Gasteiger partial charge in [-0.15, -0.1) is 0 Å². The fourth-order valence-electron chi connectivity index (χ4n) is 1.55. The van der Waals surface area contributed by atoms with Gasteiger partial charge >= 0.3 is 0 Å². The summed E-state index contributed by atoms with van der Waals surface area (Å²) in [6, 6.07) is 6.22. The number of hydrogen-bond donors (Lipinski definition) is 0. The van der Waals surface area contributed by atoms with Crippen LogP contribution in [0, 0.1) is 0 Å². The molecule has 0 unspecified atom stereocenters. The molecule has 1 aromatic rings. The van der Waals surface area contributed by atoms with Crippen LogP contribution in [-0.4, -0.2) is 7.05 Å². The quantitative estimate of drug-likeness (QED) is 0.623. The summed E-state index contributed by atoms with van der Waals surface area (Å²) in [5, 5.41) is 0. The first-order chi connectivity index (χ1) is 6.24. The van der Waals surface area contributed by atoms with Crippen LogP contribution in [0.2, 0.25) is 0 Å². The SMILES string of the molecule is C=Cc1cccc2c1C(=C)SN2C. The lowest BCUT2D eigenvalue weighted by atomic mass is 10.1. The molecule has 0 fully saturated rings. The second kappa shape index (κ2) is 2.96. The predicted molar refractivity (Wildman–Crippen MR) is 61.6 cm³/mol. The molecule has 0 atom stereocenters. The van der Waals surface area contributed by atoms with Crippen molar-refractivity contribution in [3.63, 3.8) is 0 Å². The first-order valence-corrected chi connectivity index (χ1v) is 4.88. The molecule has 0 radical (unpaired) electrons. The van der Waals surface area contributed by atoms with E-state index in [-0.39, 0.29) is 0 Å². The van der Waals surface area contributed by atoms with E-state index in [9.17, 15) is 0 Å². The minimum atomic E-state index is 1.10. The molecule has 1 aromatic carbocycles. The van der Waals surface area contributed by atoms with E-state index >= 15 is 0 Å². The molecule has 0 N–H and O–H groups in total. The molecule has 0 saturated carbocycles. The normalized spacial score (nSPS) is 14.5. The summed E-state index contributed by atoms with van der Waals surface area (Å²) in [6.45, 7) is 7.83. The summed E-state index contributed by atoms with van der Waals surface area (Å²) in [7, 11) is 2.05. The van der Waals surface area contributed by atoms with Gasteiger partial charge in [-0.2, -0.15) is 0 Å². The zero-order chi connectivity index (χ0) is 9.42. The van der Waals surface area contributed by atoms with E-state index in [1.165, 1.54) is 16.8 Å². The Kier molecular flexibility index (Phi) is 1.93. The van der Waals surface area contributed by atoms with Crippen molar-refractivity contribution in [1.82, 2.24) is 0 Å². The van der Waals surface area contributed by atoms with Gasteiger partial charge in [0.1, 0.15) is 0 Å². The highest BCUT2D eigenvalue weighted by molar-refractivity contribution is 8.10. The number of hydrogen-bond acceptors (Lipinski definition) is 2. The molecule has 0 aliphatic carbocycles. The monoisotopic (exact) mass is 189 g/mol. The molecule has 2 heteroatoms. The molecule has 1 aliphatic rings. The maximum Gasteiger partial charge on any atom is 0.0559 e. The second-order valence-corrected chi connectivity index (χ2v) is 4.18. The molecule has 13 heavy (non-hydrogen) atoms. The maximum absolute atomic E-state index is 4.03. The number of benzene rings is 1. The summed E-state index contributed by atoms with van der Waals surface area (Å²) in [5.74, 6) is 0. The lowest BCUT2D eigenvalue weighted by Crippen LogP contribution is -2.00. The highest BCUT2D eigenvalue weighted by Crippen LogP contribution is 2.46. The van der Waals surface area contributed by atoms with Gasteiger partial charge in [-0.05, 0) is 23.6 Å². The summed E-state index contributed by atoms with van der Waals surface area (Å²) < 4.78 is 2.13. The van der Waals surface area contributed by atoms with Gasteiger partial charge in [-0.3, -0.25) is 0 Å². The van der Waals surface area contributed by atoms with Crippen molar-refractivity contribution < 1.29 is 0 Å². The topological polar surface area (TPSA) is 3.24 Å². The minimum absolute atomic E-state index is 1.10. The molecule has 0 spiro atoms. The van der Waals surface area contributed by atoms with Crippen LogP contribution in [0.3, 0.4) is 0 Å². The van der Waals surface area contributed by atoms with Gasteiger partial charge in [-0.25, -0.2) is 0 Å². The first kappa shape index (κ1) is 8.45. The van der Waals surface area contributed by atoms with E-state index in [4.69, 9.17) is 0 Å². The zero-order valence-corrected chi connectivity index (χ0v) is 8.40. The Hall–Kier alpha value is -1.15. The minimum Gasteiger partial charge on any atom is -0.315 e. The van der Waals surface area contributed by atoms with Crippen molar-refractivity contribution in [2.24, 2.45) is 0 Å². The highest BCUT2D eigenvalue weighted by Gasteiger charge is 2.21. The van der Waals surface area contributed by atoms with Gasteiger partial charge < -0.3 is 4.31 Å². The molecule has 1 heterocycles. The predicted octanol–water partition coefficient (Wildman–Crippen LogP) is 3.40. The Morgan fingerprint density at radius 1 is 1.46 bits per heavy atom. The third kappa shape index (κ3) is 1.18. The summed E-state index contributed by atoms with van der Waals surface area (Å²) in [6.07, 6.45) is 1.88. The highest BCUT2D eigenvalue weighted by atomic mass is 32.2. The number of rotatable bonds is 1. The second-order valence-electron chi connectivity index (χ2n) is 2.96. The fraction of sp³-hybridized carbons (Fsp3) is 0.0909. The Labute approximate surface area is 82.9 Å². The van der Waals surface area contributed by atoms with Crippen LogP contribution in [0.15, 0.2) is 31.4 Å². The molecule has 0 bridgehead atoms. The van der Waals surface area contributed by atoms with Crippen molar-refractivity contribution in [2.45, 2.75) is 0 Å².